The van der Waals surface area contributed by atoms with Crippen LogP contribution in [0.25, 0.3) is 0 Å². The summed E-state index contributed by atoms with van der Waals surface area (Å²) in [5.74, 6) is 0.424. The molecule has 0 radical (unpaired) electrons. The number of benzene rings is 2. The first-order valence-electron chi connectivity index (χ1n) is 5.50. The average Bonchev–Trinajstić information content (AvgIpc) is 2.38. The Labute approximate surface area is 105 Å². The summed E-state index contributed by atoms with van der Waals surface area (Å²) in [6.07, 6.45) is 0. The summed E-state index contributed by atoms with van der Waals surface area (Å²) >= 11 is 0. The van der Waals surface area contributed by atoms with Crippen molar-refractivity contribution in [3.05, 3.63) is 53.8 Å². The smallest absolute Gasteiger partial charge is 0.167 e. The highest BCUT2D eigenvalue weighted by atomic mass is 19.1. The number of hydrogen-bond acceptors (Lipinski definition) is 3. The maximum absolute atomic E-state index is 13.5. The summed E-state index contributed by atoms with van der Waals surface area (Å²) in [6.45, 7) is 0.241. The molecule has 0 amide bonds. The Hall–Kier alpha value is -2.23. The largest absolute Gasteiger partial charge is 0.496 e. The van der Waals surface area contributed by atoms with E-state index in [1.165, 1.54) is 12.1 Å². The molecule has 0 aliphatic heterocycles. The van der Waals surface area contributed by atoms with Gasteiger partial charge in [-0.25, -0.2) is 4.39 Å². The fourth-order valence-electron chi connectivity index (χ4n) is 1.61. The minimum atomic E-state index is -0.468. The third kappa shape index (κ3) is 2.71. The maximum atomic E-state index is 13.5. The molecule has 0 unspecified atom stereocenters. The van der Waals surface area contributed by atoms with Crippen molar-refractivity contribution in [3.8, 4) is 11.5 Å². The number of halogens is 1. The number of nitrogen functional groups attached to an aromatic ring is 1. The average molecular weight is 247 g/mol. The number of hydrogen-bond donors (Lipinski definition) is 1. The fourth-order valence-corrected chi connectivity index (χ4v) is 1.61. The molecule has 0 atom stereocenters. The lowest BCUT2D eigenvalue weighted by atomic mass is 10.2. The van der Waals surface area contributed by atoms with Crippen molar-refractivity contribution in [2.24, 2.45) is 0 Å². The third-order valence-corrected chi connectivity index (χ3v) is 2.53. The van der Waals surface area contributed by atoms with Crippen LogP contribution in [-0.2, 0) is 6.61 Å². The summed E-state index contributed by atoms with van der Waals surface area (Å²) in [4.78, 5) is 0. The number of methoxy groups -OCH3 is 1. The molecular formula is C14H14FNO2. The molecule has 0 aromatic heterocycles. The predicted octanol–water partition coefficient (Wildman–Crippen LogP) is 3.00. The van der Waals surface area contributed by atoms with E-state index in [9.17, 15) is 4.39 Å². The second-order valence-corrected chi connectivity index (χ2v) is 3.79. The molecule has 0 saturated carbocycles. The first kappa shape index (κ1) is 12.2. The summed E-state index contributed by atoms with van der Waals surface area (Å²) in [7, 11) is 1.59. The van der Waals surface area contributed by atoms with Crippen LogP contribution in [0.1, 0.15) is 5.56 Å². The van der Waals surface area contributed by atoms with Gasteiger partial charge in [0.1, 0.15) is 12.4 Å². The quantitative estimate of drug-likeness (QED) is 0.845. The van der Waals surface area contributed by atoms with Gasteiger partial charge in [0.15, 0.2) is 11.6 Å². The maximum Gasteiger partial charge on any atom is 0.167 e. The Kier molecular flexibility index (Phi) is 3.67. The van der Waals surface area contributed by atoms with Gasteiger partial charge in [-0.15, -0.1) is 0 Å². The highest BCUT2D eigenvalue weighted by Crippen LogP contribution is 2.23. The number of anilines is 1. The second-order valence-electron chi connectivity index (χ2n) is 3.79. The monoisotopic (exact) mass is 247 g/mol. The molecule has 2 N–H and O–H groups in total. The van der Waals surface area contributed by atoms with Gasteiger partial charge in [-0.3, -0.25) is 0 Å². The summed E-state index contributed by atoms with van der Waals surface area (Å²) in [6, 6.07) is 11.8. The zero-order valence-electron chi connectivity index (χ0n) is 10.0. The molecular weight excluding hydrogens is 233 g/mol. The van der Waals surface area contributed by atoms with E-state index < -0.39 is 5.82 Å². The first-order chi connectivity index (χ1) is 8.70. The normalized spacial score (nSPS) is 10.1. The Bertz CT molecular complexity index is 543. The van der Waals surface area contributed by atoms with E-state index in [0.717, 1.165) is 5.56 Å². The van der Waals surface area contributed by atoms with E-state index in [2.05, 4.69) is 0 Å². The van der Waals surface area contributed by atoms with Crippen molar-refractivity contribution in [2.45, 2.75) is 6.61 Å². The lowest BCUT2D eigenvalue weighted by molar-refractivity contribution is 0.283. The van der Waals surface area contributed by atoms with Gasteiger partial charge < -0.3 is 15.2 Å². The molecule has 0 heterocycles. The van der Waals surface area contributed by atoms with Crippen LogP contribution in [0.5, 0.6) is 11.5 Å². The standard InChI is InChI=1S/C14H14FNO2/c1-17-13-5-3-2-4-10(13)9-18-14-7-6-11(16)8-12(14)15/h2-8H,9,16H2,1H3. The van der Waals surface area contributed by atoms with Gasteiger partial charge in [-0.05, 0) is 18.2 Å². The van der Waals surface area contributed by atoms with Crippen LogP contribution in [-0.4, -0.2) is 7.11 Å². The number of para-hydroxylation sites is 1. The molecule has 0 aliphatic rings. The number of nitrogens with two attached hydrogens (primary N) is 1. The Morgan fingerprint density at radius 2 is 1.89 bits per heavy atom. The number of rotatable bonds is 4. The van der Waals surface area contributed by atoms with E-state index in [1.54, 1.807) is 13.2 Å². The van der Waals surface area contributed by atoms with Crippen LogP contribution >= 0.6 is 0 Å². The Morgan fingerprint density at radius 1 is 1.11 bits per heavy atom. The number of ether oxygens (including phenoxy) is 2. The van der Waals surface area contributed by atoms with Gasteiger partial charge in [0.2, 0.25) is 0 Å². The van der Waals surface area contributed by atoms with Crippen LogP contribution in [0.3, 0.4) is 0 Å². The Morgan fingerprint density at radius 3 is 2.61 bits per heavy atom. The Balaban J connectivity index is 2.11. The van der Waals surface area contributed by atoms with Gasteiger partial charge in [0.05, 0.1) is 7.11 Å². The van der Waals surface area contributed by atoms with Gasteiger partial charge in [-0.2, -0.15) is 0 Å². The molecule has 0 spiro atoms. The van der Waals surface area contributed by atoms with Crippen LogP contribution < -0.4 is 15.2 Å². The topological polar surface area (TPSA) is 44.5 Å². The molecule has 2 aromatic rings. The minimum absolute atomic E-state index is 0.176. The second kappa shape index (κ2) is 5.40. The van der Waals surface area contributed by atoms with E-state index in [1.807, 2.05) is 24.3 Å². The van der Waals surface area contributed by atoms with Gasteiger partial charge in [-0.1, -0.05) is 18.2 Å². The van der Waals surface area contributed by atoms with Crippen molar-refractivity contribution < 1.29 is 13.9 Å². The lowest BCUT2D eigenvalue weighted by Crippen LogP contribution is -2.00. The fraction of sp³-hybridized carbons (Fsp3) is 0.143. The molecule has 0 bridgehead atoms. The van der Waals surface area contributed by atoms with Crippen molar-refractivity contribution in [3.63, 3.8) is 0 Å². The summed E-state index contributed by atoms with van der Waals surface area (Å²) in [5.41, 5.74) is 6.69. The van der Waals surface area contributed by atoms with Crippen molar-refractivity contribution in [2.75, 3.05) is 12.8 Å². The van der Waals surface area contributed by atoms with Crippen LogP contribution in [0.2, 0.25) is 0 Å². The van der Waals surface area contributed by atoms with E-state index >= 15 is 0 Å². The molecule has 2 aromatic carbocycles. The van der Waals surface area contributed by atoms with Crippen molar-refractivity contribution >= 4 is 5.69 Å². The first-order valence-corrected chi connectivity index (χ1v) is 5.50. The van der Waals surface area contributed by atoms with Crippen LogP contribution in [0.15, 0.2) is 42.5 Å². The van der Waals surface area contributed by atoms with E-state index in [0.29, 0.717) is 11.4 Å². The molecule has 94 valence electrons. The molecule has 0 saturated heterocycles. The van der Waals surface area contributed by atoms with E-state index in [-0.39, 0.29) is 12.4 Å². The van der Waals surface area contributed by atoms with E-state index in [4.69, 9.17) is 15.2 Å². The summed E-state index contributed by atoms with van der Waals surface area (Å²) in [5, 5.41) is 0. The lowest BCUT2D eigenvalue weighted by Gasteiger charge is -2.10. The van der Waals surface area contributed by atoms with Gasteiger partial charge >= 0.3 is 0 Å². The zero-order valence-corrected chi connectivity index (χ0v) is 10.0. The molecule has 3 nitrogen and oxygen atoms in total. The summed E-state index contributed by atoms with van der Waals surface area (Å²) < 4.78 is 24.1. The third-order valence-electron chi connectivity index (χ3n) is 2.53. The zero-order chi connectivity index (χ0) is 13.0. The molecule has 0 fully saturated rings. The van der Waals surface area contributed by atoms with Crippen molar-refractivity contribution in [1.82, 2.24) is 0 Å². The molecule has 0 aliphatic carbocycles. The predicted molar refractivity (Wildman–Crippen MR) is 68.1 cm³/mol. The van der Waals surface area contributed by atoms with Crippen LogP contribution in [0.4, 0.5) is 10.1 Å². The van der Waals surface area contributed by atoms with Crippen molar-refractivity contribution in [1.29, 1.82) is 0 Å². The molecule has 2 rings (SSSR count). The highest BCUT2D eigenvalue weighted by molar-refractivity contribution is 5.43. The molecule has 4 heteroatoms. The highest BCUT2D eigenvalue weighted by Gasteiger charge is 2.06. The van der Waals surface area contributed by atoms with Gasteiger partial charge in [0, 0.05) is 17.3 Å². The van der Waals surface area contributed by atoms with Crippen LogP contribution in [0, 0.1) is 5.82 Å². The SMILES string of the molecule is COc1ccccc1COc1ccc(N)cc1F. The minimum Gasteiger partial charge on any atom is -0.496 e. The molecule has 18 heavy (non-hydrogen) atoms. The van der Waals surface area contributed by atoms with Gasteiger partial charge in [0.25, 0.3) is 0 Å².